The molecule has 0 saturated carbocycles. The van der Waals surface area contributed by atoms with Crippen LogP contribution in [-0.4, -0.2) is 18.1 Å². The van der Waals surface area contributed by atoms with Gasteiger partial charge in [0.25, 0.3) is 0 Å². The van der Waals surface area contributed by atoms with Crippen molar-refractivity contribution in [2.45, 2.75) is 62.7 Å². The maximum Gasteiger partial charge on any atom is 0.310 e. The number of thioether (sulfide) groups is 1. The molecule has 0 fully saturated rings. The minimum absolute atomic E-state index is 0.309. The van der Waals surface area contributed by atoms with Crippen LogP contribution >= 0.6 is 22.0 Å². The van der Waals surface area contributed by atoms with Crippen LogP contribution < -0.4 is 5.90 Å². The van der Waals surface area contributed by atoms with Crippen LogP contribution in [0.1, 0.15) is 63.4 Å². The van der Waals surface area contributed by atoms with Gasteiger partial charge in [0.2, 0.25) is 0 Å². The number of halogens is 5. The molecule has 0 radical (unpaired) electrons. The minimum Gasteiger partial charge on any atom is -0.305 e. The number of benzene rings is 1. The van der Waals surface area contributed by atoms with Crippen LogP contribution in [0, 0.1) is 11.8 Å². The van der Waals surface area contributed by atoms with Crippen LogP contribution in [0.4, 0.5) is 19.4 Å². The molecule has 1 rings (SSSR count). The van der Waals surface area contributed by atoms with E-state index in [0.29, 0.717) is 30.7 Å². The van der Waals surface area contributed by atoms with E-state index in [9.17, 15) is 19.4 Å². The Hall–Kier alpha value is -0.950. The molecule has 0 spiro atoms. The number of hydrogen-bond acceptors (Lipinski definition) is 3. The normalized spacial score (nSPS) is 14.0. The lowest BCUT2D eigenvalue weighted by Gasteiger charge is -2.40. The van der Waals surface area contributed by atoms with E-state index in [1.54, 1.807) is 0 Å². The summed E-state index contributed by atoms with van der Waals surface area (Å²) in [6, 6.07) is 2.78. The van der Waals surface area contributed by atoms with Crippen molar-refractivity contribution < 1.29 is 24.3 Å². The Morgan fingerprint density at radius 1 is 0.793 bits per heavy atom. The summed E-state index contributed by atoms with van der Waals surface area (Å²) in [6.45, 7) is 0.613. The van der Waals surface area contributed by atoms with Gasteiger partial charge in [0.1, 0.15) is 4.90 Å². The van der Waals surface area contributed by atoms with Crippen molar-refractivity contribution in [1.82, 2.24) is 0 Å². The lowest BCUT2D eigenvalue weighted by molar-refractivity contribution is 0.139. The first-order valence-corrected chi connectivity index (χ1v) is 12.9. The zero-order chi connectivity index (χ0) is 21.7. The van der Waals surface area contributed by atoms with E-state index < -0.39 is 15.1 Å². The molecule has 0 heterocycles. The first-order valence-electron chi connectivity index (χ1n) is 9.75. The highest BCUT2D eigenvalue weighted by Gasteiger charge is 2.65. The fraction of sp³-hybridized carbons (Fsp3) is 0.600. The third kappa shape index (κ3) is 13.1. The lowest BCUT2D eigenvalue weighted by atomic mass is 10.1. The predicted octanol–water partition coefficient (Wildman–Crippen LogP) is 7.83. The summed E-state index contributed by atoms with van der Waals surface area (Å²) < 4.78 is 63.2. The molecular formula is C20H30F5NOS2. The molecule has 0 amide bonds. The quantitative estimate of drug-likeness (QED) is 0.133. The number of nitrogens with two attached hydrogens (primary N) is 1. The number of rotatable bonds is 14. The molecule has 0 aliphatic rings. The molecule has 2 N–H and O–H groups in total. The van der Waals surface area contributed by atoms with Crippen molar-refractivity contribution in [2.24, 2.45) is 5.90 Å². The molecule has 0 unspecified atom stereocenters. The first kappa shape index (κ1) is 26.1. The average molecular weight is 460 g/mol. The highest BCUT2D eigenvalue weighted by molar-refractivity contribution is 8.45. The Morgan fingerprint density at radius 3 is 1.93 bits per heavy atom. The summed E-state index contributed by atoms with van der Waals surface area (Å²) in [5.74, 6) is 12.8. The predicted molar refractivity (Wildman–Crippen MR) is 114 cm³/mol. The van der Waals surface area contributed by atoms with E-state index in [2.05, 4.69) is 16.7 Å². The van der Waals surface area contributed by atoms with Crippen LogP contribution in [0.25, 0.3) is 0 Å². The molecule has 168 valence electrons. The standard InChI is InChI=1S/C20H30F5NOS2/c21-29(22,23,24,25)20-14-12-19(13-15-20)11-8-6-4-2-1-3-5-7-9-17-28-18-10-16-27-26/h12-15H,1-7,9-10,16-18,26H2. The molecule has 1 aromatic carbocycles. The highest BCUT2D eigenvalue weighted by atomic mass is 32.5. The van der Waals surface area contributed by atoms with E-state index in [-0.39, 0.29) is 0 Å². The first-order chi connectivity index (χ1) is 13.5. The van der Waals surface area contributed by atoms with E-state index in [4.69, 9.17) is 5.90 Å². The second-order valence-corrected chi connectivity index (χ2v) is 10.5. The maximum absolute atomic E-state index is 12.6. The fourth-order valence-corrected chi connectivity index (χ4v) is 4.19. The maximum atomic E-state index is 12.6. The molecule has 29 heavy (non-hydrogen) atoms. The Kier molecular flexibility index (Phi) is 10.3. The monoisotopic (exact) mass is 459 g/mol. The van der Waals surface area contributed by atoms with Crippen LogP contribution in [0.15, 0.2) is 29.2 Å². The summed E-state index contributed by atoms with van der Waals surface area (Å²) in [6.07, 6.45) is 9.62. The van der Waals surface area contributed by atoms with Crippen LogP contribution in [0.3, 0.4) is 0 Å². The van der Waals surface area contributed by atoms with Gasteiger partial charge < -0.3 is 4.84 Å². The molecule has 0 aliphatic heterocycles. The summed E-state index contributed by atoms with van der Waals surface area (Å²) in [5.41, 5.74) is 0.309. The highest BCUT2D eigenvalue weighted by Crippen LogP contribution is 3.02. The molecule has 0 bridgehead atoms. The van der Waals surface area contributed by atoms with Crippen molar-refractivity contribution in [3.63, 3.8) is 0 Å². The van der Waals surface area contributed by atoms with Crippen molar-refractivity contribution in [3.05, 3.63) is 29.8 Å². The Morgan fingerprint density at radius 2 is 1.34 bits per heavy atom. The summed E-state index contributed by atoms with van der Waals surface area (Å²) in [7, 11) is -9.59. The zero-order valence-electron chi connectivity index (χ0n) is 16.5. The largest absolute Gasteiger partial charge is 0.310 e. The van der Waals surface area contributed by atoms with Crippen molar-refractivity contribution in [1.29, 1.82) is 0 Å². The summed E-state index contributed by atoms with van der Waals surface area (Å²) >= 11 is 1.93. The van der Waals surface area contributed by atoms with Crippen molar-refractivity contribution >= 4 is 22.0 Å². The second-order valence-electron chi connectivity index (χ2n) is 6.86. The van der Waals surface area contributed by atoms with E-state index in [1.165, 1.54) is 31.4 Å². The smallest absolute Gasteiger partial charge is 0.305 e. The van der Waals surface area contributed by atoms with Crippen LogP contribution in [-0.2, 0) is 4.84 Å². The minimum atomic E-state index is -9.59. The average Bonchev–Trinajstić information content (AvgIpc) is 2.63. The SMILES string of the molecule is NOCCCSCCCCCCCCCC#Cc1ccc(S(F)(F)(F)(F)F)cc1. The molecule has 9 heteroatoms. The fourth-order valence-electron chi connectivity index (χ4n) is 2.61. The van der Waals surface area contributed by atoms with Gasteiger partial charge in [-0.25, -0.2) is 5.90 Å². The summed E-state index contributed by atoms with van der Waals surface area (Å²) in [4.78, 5) is 2.63. The van der Waals surface area contributed by atoms with Gasteiger partial charge in [-0.05, 0) is 55.0 Å². The van der Waals surface area contributed by atoms with Gasteiger partial charge in [-0.1, -0.05) is 63.4 Å². The van der Waals surface area contributed by atoms with E-state index >= 15 is 0 Å². The molecule has 0 aromatic heterocycles. The number of unbranched alkanes of at least 4 members (excludes halogenated alkanes) is 7. The van der Waals surface area contributed by atoms with Crippen LogP contribution in [0.5, 0.6) is 0 Å². The van der Waals surface area contributed by atoms with Gasteiger partial charge in [-0.15, -0.1) is 0 Å². The van der Waals surface area contributed by atoms with Gasteiger partial charge in [-0.2, -0.15) is 11.8 Å². The van der Waals surface area contributed by atoms with Crippen LogP contribution in [0.2, 0.25) is 0 Å². The molecular weight excluding hydrogens is 429 g/mol. The van der Waals surface area contributed by atoms with E-state index in [1.807, 2.05) is 11.8 Å². The van der Waals surface area contributed by atoms with Gasteiger partial charge >= 0.3 is 10.2 Å². The Labute approximate surface area is 174 Å². The van der Waals surface area contributed by atoms with Gasteiger partial charge in [-0.3, -0.25) is 0 Å². The third-order valence-corrected chi connectivity index (χ3v) is 6.49. The lowest BCUT2D eigenvalue weighted by Crippen LogP contribution is -2.05. The molecule has 1 aromatic rings. The molecule has 2 nitrogen and oxygen atoms in total. The topological polar surface area (TPSA) is 35.2 Å². The Balaban J connectivity index is 2.07. The molecule has 0 aliphatic carbocycles. The zero-order valence-corrected chi connectivity index (χ0v) is 18.1. The van der Waals surface area contributed by atoms with Crippen molar-refractivity contribution in [2.75, 3.05) is 18.1 Å². The Bertz CT molecular complexity index is 654. The van der Waals surface area contributed by atoms with Gasteiger partial charge in [0, 0.05) is 12.0 Å². The van der Waals surface area contributed by atoms with Crippen molar-refractivity contribution in [3.8, 4) is 11.8 Å². The van der Waals surface area contributed by atoms with Gasteiger partial charge in [0.05, 0.1) is 6.61 Å². The number of hydrogen-bond donors (Lipinski definition) is 1. The van der Waals surface area contributed by atoms with E-state index in [0.717, 1.165) is 43.6 Å². The van der Waals surface area contributed by atoms with Gasteiger partial charge in [0.15, 0.2) is 0 Å². The third-order valence-electron chi connectivity index (χ3n) is 4.17. The summed E-state index contributed by atoms with van der Waals surface area (Å²) in [5, 5.41) is 0. The molecule has 0 atom stereocenters. The second kappa shape index (κ2) is 11.4. The molecule has 0 saturated heterocycles.